The van der Waals surface area contributed by atoms with Gasteiger partial charge >= 0.3 is 5.69 Å². The van der Waals surface area contributed by atoms with Gasteiger partial charge in [-0.1, -0.05) is 48.5 Å². The van der Waals surface area contributed by atoms with Crippen molar-refractivity contribution < 1.29 is 0 Å². The number of aromatic amines is 1. The number of rotatable bonds is 6. The molecule has 0 amide bonds. The molecule has 0 saturated heterocycles. The van der Waals surface area contributed by atoms with Crippen LogP contribution < -0.4 is 5.69 Å². The molecule has 8 heteroatoms. The highest BCUT2D eigenvalue weighted by Gasteiger charge is 2.11. The molecule has 0 aliphatic carbocycles. The van der Waals surface area contributed by atoms with Gasteiger partial charge in [-0.25, -0.2) is 14.9 Å². The van der Waals surface area contributed by atoms with E-state index >= 15 is 0 Å². The van der Waals surface area contributed by atoms with Crippen LogP contribution in [-0.2, 0) is 12.3 Å². The second-order valence-electron chi connectivity index (χ2n) is 4.88. The number of thiazole rings is 1. The van der Waals surface area contributed by atoms with Crippen LogP contribution in [0.1, 0.15) is 19.0 Å². The standard InChI is InChI=1S/C15H15ClN4OS2/c1-2-7-20-14(21)18-19-15(20)23-9-10-8-22-13(17-10)11-5-3-4-6-12(11)16/h3-6,8H,2,7,9H2,1H3,(H,18,21). The Morgan fingerprint density at radius 2 is 2.22 bits per heavy atom. The van der Waals surface area contributed by atoms with Crippen molar-refractivity contribution in [2.75, 3.05) is 0 Å². The lowest BCUT2D eigenvalue weighted by molar-refractivity contribution is 0.604. The molecule has 2 heterocycles. The molecule has 3 aromatic rings. The molecule has 0 atom stereocenters. The average molecular weight is 367 g/mol. The van der Waals surface area contributed by atoms with Crippen LogP contribution in [0.15, 0.2) is 39.6 Å². The van der Waals surface area contributed by atoms with E-state index in [1.807, 2.05) is 36.6 Å². The Bertz CT molecular complexity index is 855. The molecule has 0 spiro atoms. The third-order valence-electron chi connectivity index (χ3n) is 3.18. The summed E-state index contributed by atoms with van der Waals surface area (Å²) in [6.07, 6.45) is 0.889. The van der Waals surface area contributed by atoms with Crippen LogP contribution in [0, 0.1) is 0 Å². The zero-order valence-electron chi connectivity index (χ0n) is 12.5. The van der Waals surface area contributed by atoms with Crippen LogP contribution >= 0.6 is 34.7 Å². The number of aromatic nitrogens is 4. The Labute approximate surface area is 146 Å². The van der Waals surface area contributed by atoms with Crippen LogP contribution in [0.3, 0.4) is 0 Å². The molecule has 3 rings (SSSR count). The summed E-state index contributed by atoms with van der Waals surface area (Å²) in [6, 6.07) is 7.68. The van der Waals surface area contributed by atoms with E-state index in [0.717, 1.165) is 22.7 Å². The number of nitrogens with zero attached hydrogens (tertiary/aromatic N) is 3. The molecule has 1 aromatic carbocycles. The van der Waals surface area contributed by atoms with Gasteiger partial charge in [-0.05, 0) is 12.5 Å². The van der Waals surface area contributed by atoms with Crippen molar-refractivity contribution in [2.24, 2.45) is 0 Å². The van der Waals surface area contributed by atoms with Crippen LogP contribution in [0.4, 0.5) is 0 Å². The van der Waals surface area contributed by atoms with Gasteiger partial charge in [-0.3, -0.25) is 4.57 Å². The maximum Gasteiger partial charge on any atom is 0.343 e. The maximum atomic E-state index is 11.7. The lowest BCUT2D eigenvalue weighted by Crippen LogP contribution is -2.17. The number of nitrogens with one attached hydrogen (secondary N) is 1. The summed E-state index contributed by atoms with van der Waals surface area (Å²) in [5.74, 6) is 0.662. The summed E-state index contributed by atoms with van der Waals surface area (Å²) >= 11 is 9.28. The van der Waals surface area contributed by atoms with Gasteiger partial charge in [0, 0.05) is 23.2 Å². The second kappa shape index (κ2) is 7.33. The first-order valence-corrected chi connectivity index (χ1v) is 9.40. The SMILES string of the molecule is CCCn1c(SCc2csc(-c3ccccc3Cl)n2)n[nH]c1=O. The predicted octanol–water partition coefficient (Wildman–Crippen LogP) is 4.05. The fourth-order valence-corrected chi connectivity index (χ4v) is 4.21. The molecule has 0 unspecified atom stereocenters. The van der Waals surface area contributed by atoms with E-state index in [4.69, 9.17) is 11.6 Å². The minimum atomic E-state index is -0.163. The Balaban J connectivity index is 1.73. The Morgan fingerprint density at radius 1 is 1.39 bits per heavy atom. The van der Waals surface area contributed by atoms with Crippen molar-refractivity contribution in [1.82, 2.24) is 19.7 Å². The summed E-state index contributed by atoms with van der Waals surface area (Å²) in [5.41, 5.74) is 1.73. The summed E-state index contributed by atoms with van der Waals surface area (Å²) in [4.78, 5) is 16.3. The van der Waals surface area contributed by atoms with E-state index in [0.29, 0.717) is 22.5 Å². The fraction of sp³-hybridized carbons (Fsp3) is 0.267. The Hall–Kier alpha value is -1.57. The lowest BCUT2D eigenvalue weighted by Gasteiger charge is -2.02. The zero-order valence-corrected chi connectivity index (χ0v) is 14.8. The van der Waals surface area contributed by atoms with E-state index in [-0.39, 0.29) is 5.69 Å². The van der Waals surface area contributed by atoms with E-state index in [1.165, 1.54) is 11.8 Å². The van der Waals surface area contributed by atoms with Crippen molar-refractivity contribution in [3.8, 4) is 10.6 Å². The molecule has 0 fully saturated rings. The average Bonchev–Trinajstić information content (AvgIpc) is 3.14. The normalized spacial score (nSPS) is 11.0. The number of thioether (sulfide) groups is 1. The van der Waals surface area contributed by atoms with Crippen molar-refractivity contribution in [1.29, 1.82) is 0 Å². The molecule has 0 aliphatic rings. The first kappa shape index (κ1) is 16.3. The van der Waals surface area contributed by atoms with E-state index in [9.17, 15) is 4.79 Å². The first-order valence-electron chi connectivity index (χ1n) is 7.16. The first-order chi connectivity index (χ1) is 11.2. The van der Waals surface area contributed by atoms with Gasteiger partial charge in [0.15, 0.2) is 5.16 Å². The van der Waals surface area contributed by atoms with Crippen LogP contribution in [-0.4, -0.2) is 19.7 Å². The number of H-pyrrole nitrogens is 1. The zero-order chi connectivity index (χ0) is 16.2. The maximum absolute atomic E-state index is 11.7. The van der Waals surface area contributed by atoms with Gasteiger partial charge in [0.1, 0.15) is 5.01 Å². The second-order valence-corrected chi connectivity index (χ2v) is 7.08. The van der Waals surface area contributed by atoms with Crippen molar-refractivity contribution in [2.45, 2.75) is 30.8 Å². The molecule has 0 aliphatic heterocycles. The highest BCUT2D eigenvalue weighted by molar-refractivity contribution is 7.98. The van der Waals surface area contributed by atoms with Gasteiger partial charge in [0.05, 0.1) is 10.7 Å². The minimum Gasteiger partial charge on any atom is -0.270 e. The molecule has 120 valence electrons. The smallest absolute Gasteiger partial charge is 0.270 e. The predicted molar refractivity (Wildman–Crippen MR) is 95.3 cm³/mol. The largest absolute Gasteiger partial charge is 0.343 e. The number of benzene rings is 1. The minimum absolute atomic E-state index is 0.163. The summed E-state index contributed by atoms with van der Waals surface area (Å²) < 4.78 is 1.66. The van der Waals surface area contributed by atoms with E-state index in [1.54, 1.807) is 15.9 Å². The van der Waals surface area contributed by atoms with Crippen LogP contribution in [0.5, 0.6) is 0 Å². The Morgan fingerprint density at radius 3 is 3.00 bits per heavy atom. The fourth-order valence-electron chi connectivity index (χ4n) is 2.10. The summed E-state index contributed by atoms with van der Waals surface area (Å²) in [7, 11) is 0. The molecule has 23 heavy (non-hydrogen) atoms. The Kier molecular flexibility index (Phi) is 5.20. The quantitative estimate of drug-likeness (QED) is 0.668. The molecule has 0 saturated carbocycles. The molecular weight excluding hydrogens is 352 g/mol. The van der Waals surface area contributed by atoms with Gasteiger partial charge in [-0.15, -0.1) is 16.4 Å². The molecule has 1 N–H and O–H groups in total. The summed E-state index contributed by atoms with van der Waals surface area (Å²) in [6.45, 7) is 2.70. The number of hydrogen-bond donors (Lipinski definition) is 1. The van der Waals surface area contributed by atoms with Gasteiger partial charge < -0.3 is 0 Å². The highest BCUT2D eigenvalue weighted by Crippen LogP contribution is 2.31. The summed E-state index contributed by atoms with van der Waals surface area (Å²) in [5, 5.41) is 10.9. The number of hydrogen-bond acceptors (Lipinski definition) is 5. The van der Waals surface area contributed by atoms with Crippen molar-refractivity contribution in [3.05, 3.63) is 50.8 Å². The molecular formula is C15H15ClN4OS2. The third-order valence-corrected chi connectivity index (χ3v) is 5.44. The van der Waals surface area contributed by atoms with Crippen LogP contribution in [0.2, 0.25) is 5.02 Å². The molecule has 0 bridgehead atoms. The third kappa shape index (κ3) is 3.68. The van der Waals surface area contributed by atoms with Gasteiger partial charge in [-0.2, -0.15) is 0 Å². The van der Waals surface area contributed by atoms with Gasteiger partial charge in [0.25, 0.3) is 0 Å². The molecule has 0 radical (unpaired) electrons. The lowest BCUT2D eigenvalue weighted by atomic mass is 10.2. The monoisotopic (exact) mass is 366 g/mol. The van der Waals surface area contributed by atoms with E-state index < -0.39 is 0 Å². The highest BCUT2D eigenvalue weighted by atomic mass is 35.5. The van der Waals surface area contributed by atoms with Crippen molar-refractivity contribution >= 4 is 34.7 Å². The topological polar surface area (TPSA) is 63.6 Å². The van der Waals surface area contributed by atoms with Crippen molar-refractivity contribution in [3.63, 3.8) is 0 Å². The molecule has 5 nitrogen and oxygen atoms in total. The van der Waals surface area contributed by atoms with Crippen LogP contribution in [0.25, 0.3) is 10.6 Å². The van der Waals surface area contributed by atoms with E-state index in [2.05, 4.69) is 15.2 Å². The molecule has 2 aromatic heterocycles. The number of halogens is 1. The van der Waals surface area contributed by atoms with Gasteiger partial charge in [0.2, 0.25) is 0 Å².